The van der Waals surface area contributed by atoms with Crippen molar-refractivity contribution < 1.29 is 9.53 Å². The maximum absolute atomic E-state index is 12.1. The summed E-state index contributed by atoms with van der Waals surface area (Å²) in [4.78, 5) is 22.7. The molecule has 0 saturated carbocycles. The van der Waals surface area contributed by atoms with Gasteiger partial charge >= 0.3 is 6.03 Å². The summed E-state index contributed by atoms with van der Waals surface area (Å²) in [6, 6.07) is 14.6. The summed E-state index contributed by atoms with van der Waals surface area (Å²) in [5.74, 6) is 1.08. The number of ether oxygens (including phenoxy) is 1. The van der Waals surface area contributed by atoms with Crippen molar-refractivity contribution in [1.82, 2.24) is 25.1 Å². The zero-order chi connectivity index (χ0) is 21.8. The molecule has 0 unspecified atom stereocenters. The maximum atomic E-state index is 12.1. The van der Waals surface area contributed by atoms with Crippen LogP contribution in [-0.2, 0) is 13.6 Å². The number of hydrogen-bond acceptors (Lipinski definition) is 6. The normalized spacial score (nSPS) is 10.7. The molecule has 4 rings (SSSR count). The topological polar surface area (TPSA) is 97.2 Å². The van der Waals surface area contributed by atoms with Gasteiger partial charge in [0.1, 0.15) is 12.1 Å². The van der Waals surface area contributed by atoms with E-state index in [2.05, 4.69) is 25.7 Å². The van der Waals surface area contributed by atoms with Crippen LogP contribution in [0.1, 0.15) is 5.69 Å². The Morgan fingerprint density at radius 2 is 1.90 bits per heavy atom. The van der Waals surface area contributed by atoms with Gasteiger partial charge in [-0.05, 0) is 48.5 Å². The van der Waals surface area contributed by atoms with E-state index in [4.69, 9.17) is 4.74 Å². The van der Waals surface area contributed by atoms with E-state index < -0.39 is 0 Å². The molecular formula is C22H23N7O2. The highest BCUT2D eigenvalue weighted by molar-refractivity contribution is 5.89. The molecule has 0 atom stereocenters. The number of aryl methyl sites for hydroxylation is 1. The quantitative estimate of drug-likeness (QED) is 0.498. The number of rotatable bonds is 6. The van der Waals surface area contributed by atoms with Gasteiger partial charge in [-0.2, -0.15) is 5.10 Å². The number of urea groups is 1. The monoisotopic (exact) mass is 417 g/mol. The zero-order valence-electron chi connectivity index (χ0n) is 17.5. The fourth-order valence-corrected chi connectivity index (χ4v) is 3.00. The van der Waals surface area contributed by atoms with E-state index in [1.165, 1.54) is 6.33 Å². The van der Waals surface area contributed by atoms with E-state index >= 15 is 0 Å². The van der Waals surface area contributed by atoms with Crippen LogP contribution in [-0.4, -0.2) is 39.9 Å². The van der Waals surface area contributed by atoms with Crippen molar-refractivity contribution in [1.29, 1.82) is 0 Å². The number of nitrogens with zero attached hydrogens (tertiary/aromatic N) is 5. The van der Waals surface area contributed by atoms with Crippen molar-refractivity contribution in [3.05, 3.63) is 66.7 Å². The van der Waals surface area contributed by atoms with Crippen LogP contribution in [0.2, 0.25) is 0 Å². The molecule has 2 N–H and O–H groups in total. The first-order chi connectivity index (χ1) is 15.0. The predicted octanol–water partition coefficient (Wildman–Crippen LogP) is 3.54. The number of benzene rings is 2. The molecule has 0 saturated heterocycles. The molecule has 2 aromatic heterocycles. The fourth-order valence-electron chi connectivity index (χ4n) is 3.00. The third-order valence-electron chi connectivity index (χ3n) is 4.63. The van der Waals surface area contributed by atoms with E-state index in [-0.39, 0.29) is 6.03 Å². The smallest absolute Gasteiger partial charge is 0.319 e. The van der Waals surface area contributed by atoms with E-state index in [1.54, 1.807) is 28.9 Å². The number of hydrogen-bond donors (Lipinski definition) is 2. The van der Waals surface area contributed by atoms with Crippen molar-refractivity contribution in [2.75, 3.05) is 24.3 Å². The summed E-state index contributed by atoms with van der Waals surface area (Å²) in [5, 5.41) is 10.6. The Kier molecular flexibility index (Phi) is 5.65. The van der Waals surface area contributed by atoms with Gasteiger partial charge in [0.2, 0.25) is 5.88 Å². The minimum Gasteiger partial charge on any atom is -0.438 e. The second kappa shape index (κ2) is 8.70. The van der Waals surface area contributed by atoms with E-state index in [9.17, 15) is 4.79 Å². The molecule has 0 aliphatic heterocycles. The Bertz CT molecular complexity index is 1200. The van der Waals surface area contributed by atoms with Crippen LogP contribution < -0.4 is 20.3 Å². The molecule has 2 heterocycles. The first-order valence-corrected chi connectivity index (χ1v) is 9.71. The van der Waals surface area contributed by atoms with Gasteiger partial charge in [-0.15, -0.1) is 0 Å². The molecule has 0 fully saturated rings. The summed E-state index contributed by atoms with van der Waals surface area (Å²) < 4.78 is 7.65. The van der Waals surface area contributed by atoms with Crippen molar-refractivity contribution in [3.63, 3.8) is 0 Å². The van der Waals surface area contributed by atoms with Gasteiger partial charge in [0, 0.05) is 38.7 Å². The molecule has 0 radical (unpaired) electrons. The Morgan fingerprint density at radius 3 is 2.61 bits per heavy atom. The van der Waals surface area contributed by atoms with Crippen molar-refractivity contribution in [2.24, 2.45) is 7.05 Å². The second-order valence-corrected chi connectivity index (χ2v) is 7.19. The number of amides is 2. The van der Waals surface area contributed by atoms with Crippen LogP contribution in [0.5, 0.6) is 11.6 Å². The molecule has 9 nitrogen and oxygen atoms in total. The van der Waals surface area contributed by atoms with Crippen LogP contribution in [0.15, 0.2) is 61.1 Å². The SMILES string of the molecule is CN(C)c1ccc2c(Oc3ccc(NC(=O)NCc4ccn(C)n4)cc3)ncnc2c1. The van der Waals surface area contributed by atoms with Gasteiger partial charge in [0.25, 0.3) is 0 Å². The Balaban J connectivity index is 1.40. The van der Waals surface area contributed by atoms with Gasteiger partial charge in [-0.3, -0.25) is 4.68 Å². The van der Waals surface area contributed by atoms with Crippen LogP contribution in [0.3, 0.4) is 0 Å². The molecule has 0 aliphatic rings. The number of carbonyl (C=O) groups excluding carboxylic acids is 1. The lowest BCUT2D eigenvalue weighted by atomic mass is 10.2. The van der Waals surface area contributed by atoms with Crippen LogP contribution in [0.25, 0.3) is 10.9 Å². The third-order valence-corrected chi connectivity index (χ3v) is 4.63. The number of carbonyl (C=O) groups is 1. The average molecular weight is 417 g/mol. The number of aromatic nitrogens is 4. The molecule has 0 aliphatic carbocycles. The summed E-state index contributed by atoms with van der Waals surface area (Å²) in [7, 11) is 5.79. The molecule has 0 bridgehead atoms. The molecular weight excluding hydrogens is 394 g/mol. The van der Waals surface area contributed by atoms with Crippen LogP contribution in [0.4, 0.5) is 16.2 Å². The highest BCUT2D eigenvalue weighted by Crippen LogP contribution is 2.29. The minimum atomic E-state index is -0.308. The van der Waals surface area contributed by atoms with Gasteiger partial charge in [0.15, 0.2) is 0 Å². The lowest BCUT2D eigenvalue weighted by molar-refractivity contribution is 0.251. The highest BCUT2D eigenvalue weighted by atomic mass is 16.5. The van der Waals surface area contributed by atoms with Gasteiger partial charge in [-0.25, -0.2) is 14.8 Å². The predicted molar refractivity (Wildman–Crippen MR) is 119 cm³/mol. The van der Waals surface area contributed by atoms with Gasteiger partial charge < -0.3 is 20.3 Å². The summed E-state index contributed by atoms with van der Waals surface area (Å²) in [6.07, 6.45) is 3.31. The van der Waals surface area contributed by atoms with E-state index in [1.807, 2.05) is 56.5 Å². The molecule has 0 spiro atoms. The Hall–Kier alpha value is -4.14. The van der Waals surface area contributed by atoms with Crippen molar-refractivity contribution >= 4 is 28.3 Å². The molecule has 2 aromatic carbocycles. The van der Waals surface area contributed by atoms with E-state index in [0.717, 1.165) is 22.3 Å². The van der Waals surface area contributed by atoms with Crippen LogP contribution >= 0.6 is 0 Å². The molecule has 31 heavy (non-hydrogen) atoms. The Morgan fingerprint density at radius 1 is 1.10 bits per heavy atom. The zero-order valence-corrected chi connectivity index (χ0v) is 17.5. The molecule has 9 heteroatoms. The molecule has 4 aromatic rings. The standard InChI is InChI=1S/C22H23N7O2/c1-28(2)17-6-9-19-20(12-17)24-14-25-21(19)31-18-7-4-15(5-8-18)26-22(30)23-13-16-10-11-29(3)27-16/h4-12,14H,13H2,1-3H3,(H2,23,26,30). The summed E-state index contributed by atoms with van der Waals surface area (Å²) >= 11 is 0. The van der Waals surface area contributed by atoms with Crippen molar-refractivity contribution in [2.45, 2.75) is 6.54 Å². The van der Waals surface area contributed by atoms with Crippen molar-refractivity contribution in [3.8, 4) is 11.6 Å². The first-order valence-electron chi connectivity index (χ1n) is 9.71. The fraction of sp³-hybridized carbons (Fsp3) is 0.182. The summed E-state index contributed by atoms with van der Waals surface area (Å²) in [5.41, 5.74) is 3.29. The molecule has 158 valence electrons. The second-order valence-electron chi connectivity index (χ2n) is 7.19. The average Bonchev–Trinajstić information content (AvgIpc) is 3.18. The maximum Gasteiger partial charge on any atom is 0.319 e. The highest BCUT2D eigenvalue weighted by Gasteiger charge is 2.09. The van der Waals surface area contributed by atoms with Crippen LogP contribution in [0, 0.1) is 0 Å². The minimum absolute atomic E-state index is 0.308. The lowest BCUT2D eigenvalue weighted by Gasteiger charge is -2.13. The van der Waals surface area contributed by atoms with Gasteiger partial charge in [-0.1, -0.05) is 0 Å². The Labute approximate surface area is 179 Å². The van der Waals surface area contributed by atoms with Gasteiger partial charge in [0.05, 0.1) is 23.1 Å². The number of fused-ring (bicyclic) bond motifs is 1. The molecule has 2 amide bonds. The summed E-state index contributed by atoms with van der Waals surface area (Å²) in [6.45, 7) is 0.351. The number of nitrogens with one attached hydrogen (secondary N) is 2. The van der Waals surface area contributed by atoms with E-state index in [0.29, 0.717) is 23.9 Å². The first kappa shape index (κ1) is 20.1. The largest absolute Gasteiger partial charge is 0.438 e. The third kappa shape index (κ3) is 4.89. The number of anilines is 2. The lowest BCUT2D eigenvalue weighted by Crippen LogP contribution is -2.28.